The monoisotopic (exact) mass is 275 g/mol. The Kier molecular flexibility index (Phi) is 3.47. The minimum absolute atomic E-state index is 0.146. The number of aromatic hydroxyl groups is 1. The highest BCUT2D eigenvalue weighted by Gasteiger charge is 2.26. The van der Waals surface area contributed by atoms with Crippen molar-refractivity contribution in [3.05, 3.63) is 62.7 Å². The number of hydrogen-bond acceptors (Lipinski definition) is 6. The number of benzene rings is 2. The van der Waals surface area contributed by atoms with E-state index in [1.807, 2.05) is 0 Å². The summed E-state index contributed by atoms with van der Waals surface area (Å²) in [6, 6.07) is 10.7. The third kappa shape index (κ3) is 2.64. The fourth-order valence-corrected chi connectivity index (χ4v) is 1.64. The van der Waals surface area contributed by atoms with Crippen LogP contribution >= 0.6 is 0 Å². The lowest BCUT2D eigenvalue weighted by Crippen LogP contribution is -1.97. The van der Waals surface area contributed by atoms with E-state index in [9.17, 15) is 25.3 Å². The molecule has 0 fully saturated rings. The highest BCUT2D eigenvalue weighted by atomic mass is 16.6. The lowest BCUT2D eigenvalue weighted by molar-refractivity contribution is -0.395. The highest BCUT2D eigenvalue weighted by Crippen LogP contribution is 2.39. The van der Waals surface area contributed by atoms with E-state index >= 15 is 0 Å². The Morgan fingerprint density at radius 2 is 1.40 bits per heavy atom. The summed E-state index contributed by atoms with van der Waals surface area (Å²) in [6.45, 7) is 0. The molecule has 0 unspecified atom stereocenters. The van der Waals surface area contributed by atoms with E-state index in [0.29, 0.717) is 5.69 Å². The lowest BCUT2D eigenvalue weighted by Gasteiger charge is -2.07. The molecule has 2 aromatic carbocycles. The summed E-state index contributed by atoms with van der Waals surface area (Å²) in [4.78, 5) is 19.8. The topological polar surface area (TPSA) is 119 Å². The predicted octanol–water partition coefficient (Wildman–Crippen LogP) is 2.95. The van der Waals surface area contributed by atoms with Gasteiger partial charge in [-0.15, -0.1) is 0 Å². The molecule has 0 heterocycles. The van der Waals surface area contributed by atoms with Gasteiger partial charge in [0.25, 0.3) is 5.75 Å². The maximum Gasteiger partial charge on any atom is 0.320 e. The van der Waals surface area contributed by atoms with Crippen molar-refractivity contribution in [2.45, 2.75) is 0 Å². The highest BCUT2D eigenvalue weighted by molar-refractivity contribution is 5.71. The number of phenolic OH excluding ortho intramolecular Hbond substituents is 1. The van der Waals surface area contributed by atoms with Crippen molar-refractivity contribution < 1.29 is 15.0 Å². The van der Waals surface area contributed by atoms with Gasteiger partial charge in [0.1, 0.15) is 0 Å². The molecular formula is C12H9N3O5. The Morgan fingerprint density at radius 1 is 0.900 bits per heavy atom. The second kappa shape index (κ2) is 5.22. The molecule has 0 bridgehead atoms. The molecule has 8 nitrogen and oxygen atoms in total. The molecule has 0 saturated heterocycles. The first-order chi connectivity index (χ1) is 9.49. The Hall–Kier alpha value is -3.16. The summed E-state index contributed by atoms with van der Waals surface area (Å²) in [5, 5.41) is 33.9. The van der Waals surface area contributed by atoms with E-state index in [-0.39, 0.29) is 5.69 Å². The number of nitro groups is 2. The molecule has 2 rings (SSSR count). The summed E-state index contributed by atoms with van der Waals surface area (Å²) in [5.41, 5.74) is -0.690. The maximum absolute atomic E-state index is 10.8. The van der Waals surface area contributed by atoms with Crippen LogP contribution in [-0.4, -0.2) is 15.0 Å². The number of phenols is 1. The molecule has 102 valence electrons. The molecule has 0 saturated carbocycles. The van der Waals surface area contributed by atoms with Gasteiger partial charge in [0.05, 0.1) is 15.5 Å². The number of nitro benzene ring substituents is 2. The number of para-hydroxylation sites is 1. The van der Waals surface area contributed by atoms with E-state index < -0.39 is 27.0 Å². The van der Waals surface area contributed by atoms with Crippen molar-refractivity contribution in [1.82, 2.24) is 0 Å². The van der Waals surface area contributed by atoms with Crippen LogP contribution in [0.1, 0.15) is 0 Å². The Bertz CT molecular complexity index is 637. The fraction of sp³-hybridized carbons (Fsp3) is 0. The standard InChI is InChI=1S/C12H9N3O5/c16-12-10(14(17)18)6-9(7-11(12)15(19)20)13-8-4-2-1-3-5-8/h1-7,13,16H. The molecule has 0 aliphatic heterocycles. The van der Waals surface area contributed by atoms with Crippen LogP contribution in [0.25, 0.3) is 0 Å². The minimum Gasteiger partial charge on any atom is -0.497 e. The maximum atomic E-state index is 10.8. The fourth-order valence-electron chi connectivity index (χ4n) is 1.64. The van der Waals surface area contributed by atoms with E-state index in [4.69, 9.17) is 0 Å². The van der Waals surface area contributed by atoms with Crippen molar-refractivity contribution >= 4 is 22.7 Å². The Labute approximate surface area is 112 Å². The van der Waals surface area contributed by atoms with Crippen LogP contribution in [0.2, 0.25) is 0 Å². The number of rotatable bonds is 4. The molecule has 0 radical (unpaired) electrons. The average molecular weight is 275 g/mol. The second-order valence-corrected chi connectivity index (χ2v) is 3.87. The van der Waals surface area contributed by atoms with Gasteiger partial charge >= 0.3 is 11.4 Å². The van der Waals surface area contributed by atoms with E-state index in [2.05, 4.69) is 5.32 Å². The smallest absolute Gasteiger partial charge is 0.320 e. The minimum atomic E-state index is -0.960. The SMILES string of the molecule is O=[N+]([O-])c1cc(Nc2ccccc2)cc([N+](=O)[O-])c1O. The number of nitrogens with one attached hydrogen (secondary N) is 1. The lowest BCUT2D eigenvalue weighted by atomic mass is 10.2. The first-order valence-corrected chi connectivity index (χ1v) is 5.47. The third-order valence-corrected chi connectivity index (χ3v) is 2.53. The second-order valence-electron chi connectivity index (χ2n) is 3.87. The Balaban J connectivity index is 2.49. The summed E-state index contributed by atoms with van der Waals surface area (Å²) >= 11 is 0. The normalized spacial score (nSPS) is 10.0. The largest absolute Gasteiger partial charge is 0.497 e. The van der Waals surface area contributed by atoms with Gasteiger partial charge in [-0.3, -0.25) is 20.2 Å². The van der Waals surface area contributed by atoms with E-state index in [1.54, 1.807) is 30.3 Å². The van der Waals surface area contributed by atoms with Gasteiger partial charge in [0.15, 0.2) is 0 Å². The quantitative estimate of drug-likeness (QED) is 0.503. The van der Waals surface area contributed by atoms with Gasteiger partial charge < -0.3 is 10.4 Å². The van der Waals surface area contributed by atoms with E-state index in [1.165, 1.54) is 0 Å². The van der Waals surface area contributed by atoms with Crippen LogP contribution in [0, 0.1) is 20.2 Å². The number of anilines is 2. The molecule has 20 heavy (non-hydrogen) atoms. The predicted molar refractivity (Wildman–Crippen MR) is 71.1 cm³/mol. The zero-order valence-corrected chi connectivity index (χ0v) is 10.0. The molecule has 2 N–H and O–H groups in total. The van der Waals surface area contributed by atoms with Crippen molar-refractivity contribution in [3.63, 3.8) is 0 Å². The molecule has 0 spiro atoms. The van der Waals surface area contributed by atoms with Gasteiger partial charge in [0, 0.05) is 17.8 Å². The van der Waals surface area contributed by atoms with Crippen LogP contribution in [0.5, 0.6) is 5.75 Å². The van der Waals surface area contributed by atoms with Crippen molar-refractivity contribution in [3.8, 4) is 5.75 Å². The van der Waals surface area contributed by atoms with Crippen LogP contribution < -0.4 is 5.32 Å². The summed E-state index contributed by atoms with van der Waals surface area (Å²) in [5.74, 6) is -0.960. The van der Waals surface area contributed by atoms with Crippen LogP contribution in [0.4, 0.5) is 22.7 Å². The van der Waals surface area contributed by atoms with Gasteiger partial charge in [-0.25, -0.2) is 0 Å². The van der Waals surface area contributed by atoms with Crippen molar-refractivity contribution in [2.75, 3.05) is 5.32 Å². The van der Waals surface area contributed by atoms with Gasteiger partial charge in [-0.2, -0.15) is 0 Å². The zero-order valence-electron chi connectivity index (χ0n) is 10.0. The summed E-state index contributed by atoms with van der Waals surface area (Å²) in [6.07, 6.45) is 0. The number of hydrogen-bond donors (Lipinski definition) is 2. The summed E-state index contributed by atoms with van der Waals surface area (Å²) < 4.78 is 0. The molecular weight excluding hydrogens is 266 g/mol. The van der Waals surface area contributed by atoms with Gasteiger partial charge in [-0.1, -0.05) is 18.2 Å². The molecule has 0 aliphatic rings. The van der Waals surface area contributed by atoms with Gasteiger partial charge in [-0.05, 0) is 12.1 Å². The Morgan fingerprint density at radius 3 is 1.85 bits per heavy atom. The molecule has 8 heteroatoms. The summed E-state index contributed by atoms with van der Waals surface area (Å²) in [7, 11) is 0. The molecule has 2 aromatic rings. The van der Waals surface area contributed by atoms with Crippen LogP contribution in [0.3, 0.4) is 0 Å². The molecule has 0 aromatic heterocycles. The molecule has 0 amide bonds. The van der Waals surface area contributed by atoms with Gasteiger partial charge in [0.2, 0.25) is 0 Å². The molecule has 0 aliphatic carbocycles. The number of nitrogens with zero attached hydrogens (tertiary/aromatic N) is 2. The van der Waals surface area contributed by atoms with Crippen molar-refractivity contribution in [2.24, 2.45) is 0 Å². The van der Waals surface area contributed by atoms with Crippen LogP contribution in [0.15, 0.2) is 42.5 Å². The third-order valence-electron chi connectivity index (χ3n) is 2.53. The first-order valence-electron chi connectivity index (χ1n) is 5.47. The van der Waals surface area contributed by atoms with Crippen LogP contribution in [-0.2, 0) is 0 Å². The average Bonchev–Trinajstić information content (AvgIpc) is 2.41. The molecule has 0 atom stereocenters. The van der Waals surface area contributed by atoms with E-state index in [0.717, 1.165) is 12.1 Å². The van der Waals surface area contributed by atoms with Crippen molar-refractivity contribution in [1.29, 1.82) is 0 Å². The first kappa shape index (κ1) is 13.3. The zero-order chi connectivity index (χ0) is 14.7.